The first-order valence-corrected chi connectivity index (χ1v) is 6.50. The first-order chi connectivity index (χ1) is 8.15. The molecule has 1 heterocycles. The maximum absolute atomic E-state index is 4.15. The van der Waals surface area contributed by atoms with Gasteiger partial charge in [-0.15, -0.1) is 5.10 Å². The van der Waals surface area contributed by atoms with Gasteiger partial charge in [0.2, 0.25) is 0 Å². The number of nitrogens with zero attached hydrogens (tertiary/aromatic N) is 4. The van der Waals surface area contributed by atoms with E-state index in [1.165, 1.54) is 0 Å². The second-order valence-electron chi connectivity index (χ2n) is 4.54. The van der Waals surface area contributed by atoms with E-state index in [0.29, 0.717) is 6.04 Å². The molecule has 0 saturated heterocycles. The SMILES string of the molecule is CCN(CC)CCn1cc(CNC(C)C)nn1. The molecule has 0 aromatic carbocycles. The molecule has 5 heteroatoms. The number of nitrogens with one attached hydrogen (secondary N) is 1. The lowest BCUT2D eigenvalue weighted by atomic mass is 10.3. The Hall–Kier alpha value is -0.940. The van der Waals surface area contributed by atoms with Crippen molar-refractivity contribution in [3.05, 3.63) is 11.9 Å². The lowest BCUT2D eigenvalue weighted by Gasteiger charge is -2.17. The minimum Gasteiger partial charge on any atom is -0.309 e. The van der Waals surface area contributed by atoms with Gasteiger partial charge in [-0.2, -0.15) is 0 Å². The van der Waals surface area contributed by atoms with Gasteiger partial charge in [-0.05, 0) is 13.1 Å². The third kappa shape index (κ3) is 5.28. The average Bonchev–Trinajstić information content (AvgIpc) is 2.76. The summed E-state index contributed by atoms with van der Waals surface area (Å²) in [5, 5.41) is 11.6. The summed E-state index contributed by atoms with van der Waals surface area (Å²) in [5.74, 6) is 0. The van der Waals surface area contributed by atoms with E-state index in [2.05, 4.69) is 48.2 Å². The molecule has 1 aromatic rings. The van der Waals surface area contributed by atoms with Crippen LogP contribution in [0.1, 0.15) is 33.4 Å². The topological polar surface area (TPSA) is 46.0 Å². The van der Waals surface area contributed by atoms with Gasteiger partial charge < -0.3 is 10.2 Å². The lowest BCUT2D eigenvalue weighted by molar-refractivity contribution is 0.284. The van der Waals surface area contributed by atoms with Crippen LogP contribution in [-0.4, -0.2) is 45.6 Å². The van der Waals surface area contributed by atoms with E-state index in [1.54, 1.807) is 0 Å². The van der Waals surface area contributed by atoms with Gasteiger partial charge in [0.1, 0.15) is 0 Å². The van der Waals surface area contributed by atoms with Crippen molar-refractivity contribution >= 4 is 0 Å². The van der Waals surface area contributed by atoms with Crippen LogP contribution >= 0.6 is 0 Å². The van der Waals surface area contributed by atoms with E-state index < -0.39 is 0 Å². The van der Waals surface area contributed by atoms with Gasteiger partial charge in [0, 0.05) is 25.3 Å². The highest BCUT2D eigenvalue weighted by atomic mass is 15.4. The maximum Gasteiger partial charge on any atom is 0.0964 e. The number of hydrogen-bond acceptors (Lipinski definition) is 4. The molecule has 1 rings (SSSR count). The number of hydrogen-bond donors (Lipinski definition) is 1. The van der Waals surface area contributed by atoms with E-state index >= 15 is 0 Å². The summed E-state index contributed by atoms with van der Waals surface area (Å²) in [5.41, 5.74) is 1.01. The lowest BCUT2D eigenvalue weighted by Crippen LogP contribution is -2.27. The van der Waals surface area contributed by atoms with Crippen molar-refractivity contribution in [1.29, 1.82) is 0 Å². The highest BCUT2D eigenvalue weighted by Crippen LogP contribution is 1.95. The van der Waals surface area contributed by atoms with Crippen molar-refractivity contribution in [1.82, 2.24) is 25.2 Å². The second kappa shape index (κ2) is 7.40. The Bertz CT molecular complexity index is 304. The van der Waals surface area contributed by atoms with Crippen molar-refractivity contribution < 1.29 is 0 Å². The molecule has 0 aliphatic heterocycles. The molecule has 0 radical (unpaired) electrons. The van der Waals surface area contributed by atoms with Crippen LogP contribution in [0.15, 0.2) is 6.20 Å². The maximum atomic E-state index is 4.15. The normalized spacial score (nSPS) is 11.6. The van der Waals surface area contributed by atoms with Crippen LogP contribution in [0.5, 0.6) is 0 Å². The summed E-state index contributed by atoms with van der Waals surface area (Å²) in [6.45, 7) is 13.5. The molecular formula is C12H25N5. The number of likely N-dealkylation sites (N-methyl/N-ethyl adjacent to an activating group) is 1. The van der Waals surface area contributed by atoms with Gasteiger partial charge in [-0.25, -0.2) is 0 Å². The Labute approximate surface area is 104 Å². The van der Waals surface area contributed by atoms with E-state index in [0.717, 1.165) is 38.4 Å². The summed E-state index contributed by atoms with van der Waals surface area (Å²) < 4.78 is 1.93. The largest absolute Gasteiger partial charge is 0.309 e. The number of rotatable bonds is 8. The third-order valence-electron chi connectivity index (χ3n) is 2.82. The molecular weight excluding hydrogens is 214 g/mol. The van der Waals surface area contributed by atoms with Crippen molar-refractivity contribution in [2.75, 3.05) is 19.6 Å². The van der Waals surface area contributed by atoms with Crippen molar-refractivity contribution in [2.45, 2.75) is 46.8 Å². The van der Waals surface area contributed by atoms with Crippen molar-refractivity contribution in [2.24, 2.45) is 0 Å². The highest BCUT2D eigenvalue weighted by molar-refractivity contribution is 4.91. The van der Waals surface area contributed by atoms with Gasteiger partial charge in [0.15, 0.2) is 0 Å². The molecule has 0 bridgehead atoms. The van der Waals surface area contributed by atoms with Crippen LogP contribution < -0.4 is 5.32 Å². The summed E-state index contributed by atoms with van der Waals surface area (Å²) in [6, 6.07) is 0.482. The summed E-state index contributed by atoms with van der Waals surface area (Å²) in [6.07, 6.45) is 2.03. The predicted molar refractivity (Wildman–Crippen MR) is 69.8 cm³/mol. The standard InChI is InChI=1S/C12H25N5/c1-5-16(6-2)7-8-17-10-12(14-15-17)9-13-11(3)4/h10-11,13H,5-9H2,1-4H3. The van der Waals surface area contributed by atoms with Crippen LogP contribution in [0.3, 0.4) is 0 Å². The Morgan fingerprint density at radius 1 is 1.35 bits per heavy atom. The van der Waals surface area contributed by atoms with Gasteiger partial charge >= 0.3 is 0 Å². The van der Waals surface area contributed by atoms with Gasteiger partial charge in [-0.3, -0.25) is 4.68 Å². The smallest absolute Gasteiger partial charge is 0.0964 e. The minimum absolute atomic E-state index is 0.482. The monoisotopic (exact) mass is 239 g/mol. The zero-order chi connectivity index (χ0) is 12.7. The molecule has 1 aromatic heterocycles. The molecule has 0 aliphatic carbocycles. The Balaban J connectivity index is 2.35. The predicted octanol–water partition coefficient (Wildman–Crippen LogP) is 1.12. The number of aromatic nitrogens is 3. The van der Waals surface area contributed by atoms with Crippen LogP contribution in [0, 0.1) is 0 Å². The third-order valence-corrected chi connectivity index (χ3v) is 2.82. The molecule has 0 spiro atoms. The zero-order valence-corrected chi connectivity index (χ0v) is 11.5. The van der Waals surface area contributed by atoms with Crippen LogP contribution in [-0.2, 0) is 13.1 Å². The quantitative estimate of drug-likeness (QED) is 0.738. The molecule has 0 unspecified atom stereocenters. The van der Waals surface area contributed by atoms with Crippen molar-refractivity contribution in [3.63, 3.8) is 0 Å². The molecule has 0 amide bonds. The van der Waals surface area contributed by atoms with E-state index in [9.17, 15) is 0 Å². The average molecular weight is 239 g/mol. The Morgan fingerprint density at radius 2 is 2.06 bits per heavy atom. The summed E-state index contributed by atoms with van der Waals surface area (Å²) in [7, 11) is 0. The molecule has 1 N–H and O–H groups in total. The van der Waals surface area contributed by atoms with Gasteiger partial charge in [0.25, 0.3) is 0 Å². The molecule has 0 atom stereocenters. The van der Waals surface area contributed by atoms with E-state index in [-0.39, 0.29) is 0 Å². The summed E-state index contributed by atoms with van der Waals surface area (Å²) in [4.78, 5) is 2.38. The van der Waals surface area contributed by atoms with Gasteiger partial charge in [0.05, 0.1) is 12.2 Å². The minimum atomic E-state index is 0.482. The summed E-state index contributed by atoms with van der Waals surface area (Å²) >= 11 is 0. The Morgan fingerprint density at radius 3 is 2.65 bits per heavy atom. The molecule has 0 saturated carbocycles. The molecule has 5 nitrogen and oxygen atoms in total. The molecule has 98 valence electrons. The molecule has 17 heavy (non-hydrogen) atoms. The fraction of sp³-hybridized carbons (Fsp3) is 0.833. The van der Waals surface area contributed by atoms with Crippen LogP contribution in [0.4, 0.5) is 0 Å². The fourth-order valence-electron chi connectivity index (χ4n) is 1.62. The highest BCUT2D eigenvalue weighted by Gasteiger charge is 2.03. The van der Waals surface area contributed by atoms with Crippen LogP contribution in [0.25, 0.3) is 0 Å². The fourth-order valence-corrected chi connectivity index (χ4v) is 1.62. The van der Waals surface area contributed by atoms with E-state index in [1.807, 2.05) is 10.9 Å². The van der Waals surface area contributed by atoms with E-state index in [4.69, 9.17) is 0 Å². The van der Waals surface area contributed by atoms with Crippen LogP contribution in [0.2, 0.25) is 0 Å². The van der Waals surface area contributed by atoms with Crippen molar-refractivity contribution in [3.8, 4) is 0 Å². The first-order valence-electron chi connectivity index (χ1n) is 6.50. The molecule has 0 fully saturated rings. The Kier molecular flexibility index (Phi) is 6.15. The second-order valence-corrected chi connectivity index (χ2v) is 4.54. The zero-order valence-electron chi connectivity index (χ0n) is 11.5. The molecule has 0 aliphatic rings. The first kappa shape index (κ1) is 14.1. The van der Waals surface area contributed by atoms with Gasteiger partial charge in [-0.1, -0.05) is 32.9 Å².